The van der Waals surface area contributed by atoms with E-state index in [0.717, 1.165) is 0 Å². The maximum Gasteiger partial charge on any atom is 0.290 e. The molecular weight excluding hydrogens is 306 g/mol. The molecule has 0 radical (unpaired) electrons. The van der Waals surface area contributed by atoms with E-state index in [0.29, 0.717) is 12.1 Å². The van der Waals surface area contributed by atoms with Crippen molar-refractivity contribution in [2.75, 3.05) is 6.54 Å². The molecule has 1 amide bonds. The molecular formula is C19H25NO4. The number of amides is 1. The molecule has 5 nitrogen and oxygen atoms in total. The molecule has 1 atom stereocenters. The fourth-order valence-corrected chi connectivity index (χ4v) is 3.00. The number of nitrogens with zero attached hydrogens (tertiary/aromatic N) is 1. The molecule has 0 spiro atoms. The Morgan fingerprint density at radius 1 is 1.08 bits per heavy atom. The summed E-state index contributed by atoms with van der Waals surface area (Å²) in [7, 11) is 0. The van der Waals surface area contributed by atoms with Crippen LogP contribution < -0.4 is 0 Å². The fraction of sp³-hybridized carbons (Fsp3) is 0.474. The van der Waals surface area contributed by atoms with Gasteiger partial charge in [0.15, 0.2) is 11.5 Å². The Bertz CT molecular complexity index is 658. The Labute approximate surface area is 142 Å². The van der Waals surface area contributed by atoms with E-state index in [-0.39, 0.29) is 35.4 Å². The summed E-state index contributed by atoms with van der Waals surface area (Å²) in [6.45, 7) is 8.24. The van der Waals surface area contributed by atoms with E-state index in [4.69, 9.17) is 0 Å². The van der Waals surface area contributed by atoms with Crippen molar-refractivity contribution in [3.8, 4) is 5.75 Å². The molecule has 1 aromatic rings. The third-order valence-corrected chi connectivity index (χ3v) is 3.97. The number of carbonyl (C=O) groups is 2. The summed E-state index contributed by atoms with van der Waals surface area (Å²) in [6, 6.07) is 5.80. The molecule has 130 valence electrons. The van der Waals surface area contributed by atoms with Gasteiger partial charge in [-0.05, 0) is 29.5 Å². The zero-order chi connectivity index (χ0) is 18.0. The van der Waals surface area contributed by atoms with Crippen molar-refractivity contribution < 1.29 is 19.8 Å². The average molecular weight is 331 g/mol. The predicted octanol–water partition coefficient (Wildman–Crippen LogP) is 3.36. The molecule has 0 saturated carbocycles. The average Bonchev–Trinajstić information content (AvgIpc) is 2.72. The molecule has 0 fully saturated rings. The van der Waals surface area contributed by atoms with E-state index in [2.05, 4.69) is 0 Å². The molecule has 0 bridgehead atoms. The van der Waals surface area contributed by atoms with Crippen LogP contribution in [0, 0.1) is 11.8 Å². The number of aliphatic hydroxyl groups excluding tert-OH is 1. The molecule has 1 aromatic carbocycles. The number of hydrogen-bond acceptors (Lipinski definition) is 4. The number of aromatic hydroxyl groups is 1. The second kappa shape index (κ2) is 7.07. The third kappa shape index (κ3) is 3.61. The zero-order valence-electron chi connectivity index (χ0n) is 14.6. The van der Waals surface area contributed by atoms with Crippen LogP contribution in [0.15, 0.2) is 35.6 Å². The molecule has 2 N–H and O–H groups in total. The monoisotopic (exact) mass is 331 g/mol. The number of aliphatic hydroxyl groups is 1. The van der Waals surface area contributed by atoms with E-state index in [9.17, 15) is 19.8 Å². The second-order valence-corrected chi connectivity index (χ2v) is 7.13. The Morgan fingerprint density at radius 3 is 2.17 bits per heavy atom. The van der Waals surface area contributed by atoms with Gasteiger partial charge in [0.2, 0.25) is 0 Å². The standard InChI is InChI=1S/C19H25NO4/c1-11(2)9-15(22)16-17(13-5-7-14(21)8-6-13)20(10-12(3)4)19(24)18(16)23/h5-8,11-12,17,21,23H,9-10H2,1-4H3. The summed E-state index contributed by atoms with van der Waals surface area (Å²) >= 11 is 0. The highest BCUT2D eigenvalue weighted by atomic mass is 16.3. The largest absolute Gasteiger partial charge is 0.508 e. The number of hydrogen-bond donors (Lipinski definition) is 2. The fourth-order valence-electron chi connectivity index (χ4n) is 3.00. The summed E-state index contributed by atoms with van der Waals surface area (Å²) < 4.78 is 0. The maximum absolute atomic E-state index is 12.6. The van der Waals surface area contributed by atoms with Gasteiger partial charge in [-0.25, -0.2) is 0 Å². The Balaban J connectivity index is 2.49. The predicted molar refractivity (Wildman–Crippen MR) is 91.5 cm³/mol. The van der Waals surface area contributed by atoms with E-state index in [1.807, 2.05) is 27.7 Å². The molecule has 0 saturated heterocycles. The Morgan fingerprint density at radius 2 is 1.67 bits per heavy atom. The van der Waals surface area contributed by atoms with Crippen LogP contribution in [0.3, 0.4) is 0 Å². The molecule has 0 aliphatic carbocycles. The minimum absolute atomic E-state index is 0.113. The van der Waals surface area contributed by atoms with Crippen LogP contribution in [0.2, 0.25) is 0 Å². The third-order valence-electron chi connectivity index (χ3n) is 3.97. The number of phenolic OH excluding ortho intramolecular Hbond substituents is 1. The highest BCUT2D eigenvalue weighted by molar-refractivity contribution is 6.09. The summed E-state index contributed by atoms with van der Waals surface area (Å²) in [6.07, 6.45) is 0.275. The number of rotatable bonds is 6. The van der Waals surface area contributed by atoms with Gasteiger partial charge in [-0.1, -0.05) is 39.8 Å². The van der Waals surface area contributed by atoms with Gasteiger partial charge in [-0.2, -0.15) is 0 Å². The normalized spacial score (nSPS) is 18.2. The summed E-state index contributed by atoms with van der Waals surface area (Å²) in [4.78, 5) is 26.7. The van der Waals surface area contributed by atoms with Gasteiger partial charge < -0.3 is 15.1 Å². The van der Waals surface area contributed by atoms with E-state index >= 15 is 0 Å². The number of phenols is 1. The molecule has 5 heteroatoms. The van der Waals surface area contributed by atoms with E-state index < -0.39 is 17.7 Å². The van der Waals surface area contributed by atoms with Crippen LogP contribution in [0.5, 0.6) is 5.75 Å². The molecule has 1 heterocycles. The lowest BCUT2D eigenvalue weighted by molar-refractivity contribution is -0.129. The van der Waals surface area contributed by atoms with Crippen LogP contribution >= 0.6 is 0 Å². The van der Waals surface area contributed by atoms with Crippen molar-refractivity contribution in [3.05, 3.63) is 41.2 Å². The van der Waals surface area contributed by atoms with Crippen molar-refractivity contribution in [1.29, 1.82) is 0 Å². The van der Waals surface area contributed by atoms with Crippen molar-refractivity contribution >= 4 is 11.7 Å². The van der Waals surface area contributed by atoms with Crippen LogP contribution in [-0.4, -0.2) is 33.3 Å². The summed E-state index contributed by atoms with van der Waals surface area (Å²) in [5.74, 6) is -0.719. The van der Waals surface area contributed by atoms with Crippen LogP contribution in [-0.2, 0) is 9.59 Å². The highest BCUT2D eigenvalue weighted by Crippen LogP contribution is 2.39. The Hall–Kier alpha value is -2.30. The van der Waals surface area contributed by atoms with Crippen LogP contribution in [0.25, 0.3) is 0 Å². The van der Waals surface area contributed by atoms with Crippen molar-refractivity contribution in [3.63, 3.8) is 0 Å². The first-order valence-corrected chi connectivity index (χ1v) is 8.28. The molecule has 24 heavy (non-hydrogen) atoms. The SMILES string of the molecule is CC(C)CC(=O)C1=C(O)C(=O)N(CC(C)C)C1c1ccc(O)cc1. The smallest absolute Gasteiger partial charge is 0.290 e. The van der Waals surface area contributed by atoms with Gasteiger partial charge in [-0.15, -0.1) is 0 Å². The molecule has 2 rings (SSSR count). The first-order chi connectivity index (χ1) is 11.2. The number of carbonyl (C=O) groups excluding carboxylic acids is 2. The van der Waals surface area contributed by atoms with Gasteiger partial charge in [0.25, 0.3) is 5.91 Å². The van der Waals surface area contributed by atoms with Crippen molar-refractivity contribution in [1.82, 2.24) is 4.90 Å². The first-order valence-electron chi connectivity index (χ1n) is 8.28. The van der Waals surface area contributed by atoms with Gasteiger partial charge in [0, 0.05) is 13.0 Å². The lowest BCUT2D eigenvalue weighted by atomic mass is 9.92. The molecule has 1 unspecified atom stereocenters. The van der Waals surface area contributed by atoms with Crippen LogP contribution in [0.1, 0.15) is 45.7 Å². The molecule has 0 aromatic heterocycles. The topological polar surface area (TPSA) is 77.8 Å². The van der Waals surface area contributed by atoms with Gasteiger partial charge >= 0.3 is 0 Å². The summed E-state index contributed by atoms with van der Waals surface area (Å²) in [5.41, 5.74) is 0.873. The quantitative estimate of drug-likeness (QED) is 0.838. The number of Topliss-reactive ketones (excluding diaryl/α,β-unsaturated/α-hetero) is 1. The van der Waals surface area contributed by atoms with Gasteiger partial charge in [-0.3, -0.25) is 9.59 Å². The zero-order valence-corrected chi connectivity index (χ0v) is 14.6. The van der Waals surface area contributed by atoms with Gasteiger partial charge in [0.05, 0.1) is 11.6 Å². The van der Waals surface area contributed by atoms with Crippen LogP contribution in [0.4, 0.5) is 0 Å². The lowest BCUT2D eigenvalue weighted by Gasteiger charge is -2.28. The van der Waals surface area contributed by atoms with Crippen molar-refractivity contribution in [2.45, 2.75) is 40.2 Å². The van der Waals surface area contributed by atoms with Gasteiger partial charge in [0.1, 0.15) is 5.75 Å². The minimum Gasteiger partial charge on any atom is -0.508 e. The van der Waals surface area contributed by atoms with E-state index in [1.54, 1.807) is 17.0 Å². The molecule has 1 aliphatic heterocycles. The minimum atomic E-state index is -0.605. The second-order valence-electron chi connectivity index (χ2n) is 7.13. The highest BCUT2D eigenvalue weighted by Gasteiger charge is 2.43. The number of benzene rings is 1. The van der Waals surface area contributed by atoms with E-state index in [1.165, 1.54) is 12.1 Å². The lowest BCUT2D eigenvalue weighted by Crippen LogP contribution is -2.34. The van der Waals surface area contributed by atoms with Crippen molar-refractivity contribution in [2.24, 2.45) is 11.8 Å². The maximum atomic E-state index is 12.6. The summed E-state index contributed by atoms with van der Waals surface area (Å²) in [5, 5.41) is 19.8. The Kier molecular flexibility index (Phi) is 5.32. The molecule has 1 aliphatic rings. The number of ketones is 1. The first kappa shape index (κ1) is 18.0.